The topological polar surface area (TPSA) is 108 Å². The van der Waals surface area contributed by atoms with Crippen LogP contribution in [0.3, 0.4) is 0 Å². The van der Waals surface area contributed by atoms with Crippen LogP contribution in [0, 0.1) is 5.92 Å². The van der Waals surface area contributed by atoms with Crippen molar-refractivity contribution in [2.75, 3.05) is 13.1 Å². The normalized spacial score (nSPS) is 15.6. The van der Waals surface area contributed by atoms with Gasteiger partial charge in [-0.3, -0.25) is 25.4 Å². The Morgan fingerprint density at radius 2 is 1.79 bits per heavy atom. The highest BCUT2D eigenvalue weighted by atomic mass is 35.5. The number of amides is 2. The first-order chi connectivity index (χ1) is 13.9. The molecule has 154 valence electrons. The molecule has 0 aliphatic carbocycles. The van der Waals surface area contributed by atoms with Gasteiger partial charge in [-0.15, -0.1) is 0 Å². The zero-order valence-electron chi connectivity index (χ0n) is 15.5. The summed E-state index contributed by atoms with van der Waals surface area (Å²) in [5, 5.41) is 0.583. The Morgan fingerprint density at radius 3 is 2.41 bits per heavy atom. The van der Waals surface area contributed by atoms with Crippen molar-refractivity contribution in [2.45, 2.75) is 24.2 Å². The molecule has 3 rings (SSSR count). The van der Waals surface area contributed by atoms with Gasteiger partial charge in [0.25, 0.3) is 0 Å². The van der Waals surface area contributed by atoms with Crippen LogP contribution in [0.2, 0.25) is 5.02 Å². The van der Waals surface area contributed by atoms with Gasteiger partial charge in [0, 0.05) is 36.4 Å². The summed E-state index contributed by atoms with van der Waals surface area (Å²) >= 11 is 5.81. The van der Waals surface area contributed by atoms with Gasteiger partial charge in [0.2, 0.25) is 21.8 Å². The maximum atomic E-state index is 12.6. The first-order valence-electron chi connectivity index (χ1n) is 9.09. The lowest BCUT2D eigenvalue weighted by molar-refractivity contribution is -0.131. The summed E-state index contributed by atoms with van der Waals surface area (Å²) in [7, 11) is -3.61. The van der Waals surface area contributed by atoms with Crippen LogP contribution in [0.4, 0.5) is 0 Å². The standard InChI is InChI=1S/C19H21ClN4O4S/c20-16-5-3-14(4-6-16)12-18(25)22-23-19(26)15-7-10-24(11-8-15)29(27,28)17-2-1-9-21-13-17/h1-6,9,13,15H,7-8,10-12H2,(H,22,25)(H,23,26). The number of benzene rings is 1. The van der Waals surface area contributed by atoms with Crippen LogP contribution < -0.4 is 10.9 Å². The predicted molar refractivity (Wildman–Crippen MR) is 107 cm³/mol. The molecule has 1 aromatic carbocycles. The van der Waals surface area contributed by atoms with E-state index in [1.165, 1.54) is 22.8 Å². The number of hydrogen-bond donors (Lipinski definition) is 2. The van der Waals surface area contributed by atoms with Gasteiger partial charge in [-0.2, -0.15) is 4.31 Å². The monoisotopic (exact) mass is 436 g/mol. The van der Waals surface area contributed by atoms with Gasteiger partial charge in [0.15, 0.2) is 0 Å². The van der Waals surface area contributed by atoms with Gasteiger partial charge in [-0.25, -0.2) is 8.42 Å². The summed E-state index contributed by atoms with van der Waals surface area (Å²) < 4.78 is 26.5. The van der Waals surface area contributed by atoms with Crippen LogP contribution >= 0.6 is 11.6 Å². The minimum atomic E-state index is -3.61. The van der Waals surface area contributed by atoms with E-state index in [1.807, 2.05) is 0 Å². The third-order valence-electron chi connectivity index (χ3n) is 4.70. The number of hydrogen-bond acceptors (Lipinski definition) is 5. The molecule has 0 bridgehead atoms. The lowest BCUT2D eigenvalue weighted by atomic mass is 9.98. The highest BCUT2D eigenvalue weighted by molar-refractivity contribution is 7.89. The maximum Gasteiger partial charge on any atom is 0.244 e. The molecule has 8 nitrogen and oxygen atoms in total. The number of pyridine rings is 1. The van der Waals surface area contributed by atoms with Crippen molar-refractivity contribution in [3.63, 3.8) is 0 Å². The fourth-order valence-electron chi connectivity index (χ4n) is 3.07. The molecule has 10 heteroatoms. The number of nitrogens with zero attached hydrogens (tertiary/aromatic N) is 2. The van der Waals surface area contributed by atoms with Crippen molar-refractivity contribution in [1.29, 1.82) is 0 Å². The number of sulfonamides is 1. The molecule has 0 spiro atoms. The van der Waals surface area contributed by atoms with Gasteiger partial charge in [0.05, 0.1) is 6.42 Å². The highest BCUT2D eigenvalue weighted by Gasteiger charge is 2.32. The van der Waals surface area contributed by atoms with Gasteiger partial charge >= 0.3 is 0 Å². The molecule has 1 fully saturated rings. The molecule has 1 aliphatic heterocycles. The van der Waals surface area contributed by atoms with E-state index in [0.29, 0.717) is 17.9 Å². The van der Waals surface area contributed by atoms with Crippen molar-refractivity contribution in [3.05, 3.63) is 59.4 Å². The summed E-state index contributed by atoms with van der Waals surface area (Å²) in [5.74, 6) is -1.05. The average molecular weight is 437 g/mol. The number of rotatable bonds is 5. The largest absolute Gasteiger partial charge is 0.273 e. The number of piperidine rings is 1. The minimum Gasteiger partial charge on any atom is -0.273 e. The Balaban J connectivity index is 1.46. The van der Waals surface area contributed by atoms with Crippen LogP contribution in [-0.4, -0.2) is 42.6 Å². The van der Waals surface area contributed by atoms with E-state index in [-0.39, 0.29) is 42.1 Å². The van der Waals surface area contributed by atoms with Crippen LogP contribution in [-0.2, 0) is 26.0 Å². The van der Waals surface area contributed by atoms with Crippen molar-refractivity contribution < 1.29 is 18.0 Å². The molecule has 1 aliphatic rings. The average Bonchev–Trinajstić information content (AvgIpc) is 2.74. The molecule has 2 aromatic rings. The van der Waals surface area contributed by atoms with Gasteiger partial charge in [0.1, 0.15) is 4.90 Å². The summed E-state index contributed by atoms with van der Waals surface area (Å²) in [6.07, 6.45) is 3.68. The van der Waals surface area contributed by atoms with Crippen molar-refractivity contribution >= 4 is 33.4 Å². The molecule has 29 heavy (non-hydrogen) atoms. The zero-order chi connectivity index (χ0) is 20.9. The lowest BCUT2D eigenvalue weighted by Crippen LogP contribution is -2.48. The Hall–Kier alpha value is -2.49. The SMILES string of the molecule is O=C(Cc1ccc(Cl)cc1)NNC(=O)C1CCN(S(=O)(=O)c2cccnc2)CC1. The van der Waals surface area contributed by atoms with Crippen molar-refractivity contribution in [3.8, 4) is 0 Å². The second-order valence-electron chi connectivity index (χ2n) is 6.71. The number of carbonyl (C=O) groups excluding carboxylic acids is 2. The first kappa shape index (κ1) is 21.2. The Bertz CT molecular complexity index is 959. The molecule has 0 atom stereocenters. The Labute approximate surface area is 174 Å². The number of aromatic nitrogens is 1. The smallest absolute Gasteiger partial charge is 0.244 e. The van der Waals surface area contributed by atoms with E-state index in [4.69, 9.17) is 11.6 Å². The number of hydrazine groups is 1. The zero-order valence-corrected chi connectivity index (χ0v) is 17.1. The second-order valence-corrected chi connectivity index (χ2v) is 9.08. The molecule has 2 N–H and O–H groups in total. The molecule has 2 heterocycles. The van der Waals surface area contributed by atoms with Crippen LogP contribution in [0.1, 0.15) is 18.4 Å². The molecule has 2 amide bonds. The van der Waals surface area contributed by atoms with Gasteiger partial charge < -0.3 is 0 Å². The molecule has 0 radical (unpaired) electrons. The fourth-order valence-corrected chi connectivity index (χ4v) is 4.63. The fraction of sp³-hybridized carbons (Fsp3) is 0.316. The van der Waals surface area contributed by atoms with E-state index >= 15 is 0 Å². The van der Waals surface area contributed by atoms with E-state index in [9.17, 15) is 18.0 Å². The van der Waals surface area contributed by atoms with Crippen LogP contribution in [0.5, 0.6) is 0 Å². The Kier molecular flexibility index (Phi) is 6.83. The maximum absolute atomic E-state index is 12.6. The third kappa shape index (κ3) is 5.53. The van der Waals surface area contributed by atoms with E-state index < -0.39 is 10.0 Å². The van der Waals surface area contributed by atoms with Crippen molar-refractivity contribution in [1.82, 2.24) is 20.1 Å². The number of halogens is 1. The minimum absolute atomic E-state index is 0.110. The third-order valence-corrected chi connectivity index (χ3v) is 6.83. The quantitative estimate of drug-likeness (QED) is 0.691. The van der Waals surface area contributed by atoms with Crippen LogP contribution in [0.15, 0.2) is 53.7 Å². The molecular weight excluding hydrogens is 416 g/mol. The second kappa shape index (κ2) is 9.34. The predicted octanol–water partition coefficient (Wildman–Crippen LogP) is 1.53. The molecule has 1 aromatic heterocycles. The van der Waals surface area contributed by atoms with Crippen LogP contribution in [0.25, 0.3) is 0 Å². The number of nitrogens with one attached hydrogen (secondary N) is 2. The first-order valence-corrected chi connectivity index (χ1v) is 10.9. The molecule has 0 saturated carbocycles. The van der Waals surface area contributed by atoms with E-state index in [0.717, 1.165) is 5.56 Å². The van der Waals surface area contributed by atoms with E-state index in [1.54, 1.807) is 30.3 Å². The van der Waals surface area contributed by atoms with Gasteiger partial charge in [-0.05, 0) is 42.7 Å². The summed E-state index contributed by atoms with van der Waals surface area (Å²) in [6, 6.07) is 9.92. The Morgan fingerprint density at radius 1 is 1.10 bits per heavy atom. The van der Waals surface area contributed by atoms with E-state index in [2.05, 4.69) is 15.8 Å². The lowest BCUT2D eigenvalue weighted by Gasteiger charge is -2.30. The van der Waals surface area contributed by atoms with Crippen molar-refractivity contribution in [2.24, 2.45) is 5.92 Å². The summed E-state index contributed by atoms with van der Waals surface area (Å²) in [5.41, 5.74) is 5.60. The number of carbonyl (C=O) groups is 2. The van der Waals surface area contributed by atoms with Gasteiger partial charge in [-0.1, -0.05) is 23.7 Å². The summed E-state index contributed by atoms with van der Waals surface area (Å²) in [6.45, 7) is 0.460. The molecule has 0 unspecified atom stereocenters. The highest BCUT2D eigenvalue weighted by Crippen LogP contribution is 2.23. The molecule has 1 saturated heterocycles. The molecular formula is C19H21ClN4O4S. The summed E-state index contributed by atoms with van der Waals surface area (Å²) in [4.78, 5) is 28.3.